The number of benzene rings is 11. The molecule has 5 heterocycles. The largest absolute Gasteiger partial charge is 0.310 e. The summed E-state index contributed by atoms with van der Waals surface area (Å²) in [5.41, 5.74) is 28.5. The summed E-state index contributed by atoms with van der Waals surface area (Å²) in [6, 6.07) is 89.3. The highest BCUT2D eigenvalue weighted by Gasteiger charge is 2.44. The minimum atomic E-state index is -0.0570. The van der Waals surface area contributed by atoms with E-state index in [-0.39, 0.29) is 6.71 Å². The summed E-state index contributed by atoms with van der Waals surface area (Å²) < 4.78 is 5.47. The molecule has 2 aliphatic heterocycles. The van der Waals surface area contributed by atoms with Crippen LogP contribution in [-0.4, -0.2) is 25.8 Å². The van der Waals surface area contributed by atoms with Crippen molar-refractivity contribution in [2.45, 2.75) is 76.0 Å². The molecule has 0 saturated heterocycles. The van der Waals surface area contributed by atoms with Crippen molar-refractivity contribution < 1.29 is 0 Å². The van der Waals surface area contributed by atoms with Crippen LogP contribution in [0.2, 0.25) is 0 Å². The van der Waals surface area contributed by atoms with Gasteiger partial charge in [0, 0.05) is 60.5 Å². The van der Waals surface area contributed by atoms with Crippen LogP contribution in [0.15, 0.2) is 237 Å². The van der Waals surface area contributed by atoms with E-state index < -0.39 is 0 Å². The third-order valence-corrected chi connectivity index (χ3v) is 20.1. The lowest BCUT2D eigenvalue weighted by Gasteiger charge is -2.35. The fraction of sp³-hybridized carbons (Fsp3) is 0.150. The Balaban J connectivity index is 1.05. The smallest absolute Gasteiger partial charge is 0.252 e. The first kappa shape index (κ1) is 48.9. The minimum absolute atomic E-state index is 0.0570. The van der Waals surface area contributed by atoms with Gasteiger partial charge in [0.1, 0.15) is 0 Å². The minimum Gasteiger partial charge on any atom is -0.310 e. The van der Waals surface area contributed by atoms with Gasteiger partial charge >= 0.3 is 0 Å². The molecule has 0 radical (unpaired) electrons. The van der Waals surface area contributed by atoms with Gasteiger partial charge in [0.25, 0.3) is 6.71 Å². The van der Waals surface area contributed by atoms with Gasteiger partial charge in [-0.05, 0) is 152 Å². The normalized spacial score (nSPS) is 14.9. The predicted molar refractivity (Wildman–Crippen MR) is 357 cm³/mol. The highest BCUT2D eigenvalue weighted by Crippen LogP contribution is 2.51. The van der Waals surface area contributed by atoms with Crippen LogP contribution < -0.4 is 16.4 Å². The van der Waals surface area contributed by atoms with Crippen molar-refractivity contribution in [3.8, 4) is 78.5 Å². The molecule has 18 rings (SSSR count). The van der Waals surface area contributed by atoms with Gasteiger partial charge in [0.15, 0.2) is 5.82 Å². The molecule has 2 saturated carbocycles. The van der Waals surface area contributed by atoms with Crippen LogP contribution in [0.3, 0.4) is 0 Å². The van der Waals surface area contributed by atoms with Crippen molar-refractivity contribution in [2.24, 2.45) is 0 Å². The lowest BCUT2D eigenvalue weighted by atomic mass is 9.34. The van der Waals surface area contributed by atoms with Crippen molar-refractivity contribution in [2.75, 3.05) is 0 Å². The lowest BCUT2D eigenvalue weighted by Crippen LogP contribution is -2.59. The highest BCUT2D eigenvalue weighted by atomic mass is 15.0. The van der Waals surface area contributed by atoms with Crippen molar-refractivity contribution in [1.82, 2.24) is 19.1 Å². The molecule has 5 heteroatoms. The van der Waals surface area contributed by atoms with E-state index in [4.69, 9.17) is 9.97 Å². The molecule has 11 aromatic carbocycles. The van der Waals surface area contributed by atoms with E-state index in [2.05, 4.69) is 246 Å². The Labute approximate surface area is 496 Å². The van der Waals surface area contributed by atoms with Crippen LogP contribution in [0.5, 0.6) is 0 Å². The zero-order valence-corrected chi connectivity index (χ0v) is 47.6. The molecule has 4 aliphatic rings. The van der Waals surface area contributed by atoms with E-state index in [1.807, 2.05) is 0 Å². The molecule has 14 aromatic rings. The SMILES string of the molecule is c1ccc(-c2cc(-c3ccccc3)c3c4c(C5CCCCC5)ccc5c4n(c3c2)-c2cc(-c3nc(-c4ccccc4)c4ccccc4n3)cc3c2B5c2ccc(C4CCCCC4)c4c5c(-c6ccccc6)cc(-c6ccccc6)cc5n-3c24)cc1. The Morgan fingerprint density at radius 2 is 0.765 bits per heavy atom. The van der Waals surface area contributed by atoms with Gasteiger partial charge in [0.2, 0.25) is 0 Å². The standard InChI is InChI=1S/C80H61BN4/c1-8-24-50(25-9-1)57-44-63(54-32-16-5-17-33-54)72-68(46-57)84-70-48-59(80-82-67-39-23-22-38-62(67)77(83-80)56-36-20-7-21-37-56)49-71-76(70)81(65-42-40-60(74(72)78(65)84)52-28-12-3-13-29-52)66-43-41-61(53-30-14-4-15-31-53)75-73-64(55-34-18-6-19-35-55)45-58(51-26-10-2-11-27-51)47-69(73)85(71)79(66)75/h1-2,5-11,16-27,32-49,52-53H,3-4,12-15,28-31H2. The topological polar surface area (TPSA) is 35.6 Å². The summed E-state index contributed by atoms with van der Waals surface area (Å²) in [6.07, 6.45) is 12.5. The average Bonchev–Trinajstić information content (AvgIpc) is 1.92. The molecule has 85 heavy (non-hydrogen) atoms. The zero-order chi connectivity index (χ0) is 55.7. The van der Waals surface area contributed by atoms with E-state index in [1.165, 1.54) is 191 Å². The van der Waals surface area contributed by atoms with Crippen LogP contribution in [-0.2, 0) is 0 Å². The van der Waals surface area contributed by atoms with Gasteiger partial charge < -0.3 is 9.13 Å². The maximum Gasteiger partial charge on any atom is 0.252 e. The highest BCUT2D eigenvalue weighted by molar-refractivity contribution is 7.00. The number of hydrogen-bond acceptors (Lipinski definition) is 2. The summed E-state index contributed by atoms with van der Waals surface area (Å²) in [4.78, 5) is 11.3. The van der Waals surface area contributed by atoms with E-state index in [9.17, 15) is 0 Å². The number of fused-ring (bicyclic) bond motifs is 11. The molecule has 4 nitrogen and oxygen atoms in total. The van der Waals surface area contributed by atoms with Gasteiger partial charge in [-0.15, -0.1) is 0 Å². The Hall–Kier alpha value is -9.58. The number of hydrogen-bond donors (Lipinski definition) is 0. The third-order valence-electron chi connectivity index (χ3n) is 20.1. The Kier molecular flexibility index (Phi) is 11.2. The third kappa shape index (κ3) is 7.55. The van der Waals surface area contributed by atoms with Crippen LogP contribution in [0, 0.1) is 0 Å². The number of aromatic nitrogens is 4. The summed E-state index contributed by atoms with van der Waals surface area (Å²) >= 11 is 0. The molecule has 0 atom stereocenters. The summed E-state index contributed by atoms with van der Waals surface area (Å²) in [5.74, 6) is 1.66. The molecule has 0 amide bonds. The maximum atomic E-state index is 5.73. The van der Waals surface area contributed by atoms with Crippen molar-refractivity contribution in [3.05, 3.63) is 248 Å². The summed E-state index contributed by atoms with van der Waals surface area (Å²) in [5, 5.41) is 6.58. The molecular weight excluding hydrogens is 1030 g/mol. The van der Waals surface area contributed by atoms with Gasteiger partial charge in [0.05, 0.1) is 22.2 Å². The number of rotatable bonds is 8. The molecule has 0 spiro atoms. The monoisotopic (exact) mass is 1090 g/mol. The van der Waals surface area contributed by atoms with E-state index in [0.717, 1.165) is 33.5 Å². The second kappa shape index (κ2) is 19.5. The lowest BCUT2D eigenvalue weighted by molar-refractivity contribution is 0.445. The Morgan fingerprint density at radius 1 is 0.341 bits per heavy atom. The molecule has 2 aliphatic carbocycles. The van der Waals surface area contributed by atoms with E-state index in [0.29, 0.717) is 11.8 Å². The first-order chi connectivity index (χ1) is 42.2. The second-order valence-corrected chi connectivity index (χ2v) is 24.7. The summed E-state index contributed by atoms with van der Waals surface area (Å²) in [7, 11) is 0. The maximum absolute atomic E-state index is 5.73. The zero-order valence-electron chi connectivity index (χ0n) is 47.6. The second-order valence-electron chi connectivity index (χ2n) is 24.7. The fourth-order valence-electron chi connectivity index (χ4n) is 16.3. The Bertz CT molecular complexity index is 4740. The first-order valence-electron chi connectivity index (χ1n) is 31.2. The van der Waals surface area contributed by atoms with Gasteiger partial charge in [-0.2, -0.15) is 0 Å². The predicted octanol–water partition coefficient (Wildman–Crippen LogP) is 19.1. The molecule has 3 aromatic heterocycles. The van der Waals surface area contributed by atoms with Crippen LogP contribution in [0.1, 0.15) is 87.2 Å². The van der Waals surface area contributed by atoms with Crippen molar-refractivity contribution in [3.63, 3.8) is 0 Å². The first-order valence-corrected chi connectivity index (χ1v) is 31.2. The van der Waals surface area contributed by atoms with Crippen LogP contribution in [0.25, 0.3) is 133 Å². The Morgan fingerprint density at radius 3 is 1.24 bits per heavy atom. The molecule has 404 valence electrons. The quantitative estimate of drug-likeness (QED) is 0.142. The van der Waals surface area contributed by atoms with Crippen LogP contribution in [0.4, 0.5) is 0 Å². The van der Waals surface area contributed by atoms with Gasteiger partial charge in [-0.1, -0.05) is 233 Å². The summed E-state index contributed by atoms with van der Waals surface area (Å²) in [6.45, 7) is -0.0570. The molecule has 0 unspecified atom stereocenters. The van der Waals surface area contributed by atoms with Gasteiger partial charge in [-0.3, -0.25) is 0 Å². The fourth-order valence-corrected chi connectivity index (χ4v) is 16.3. The van der Waals surface area contributed by atoms with Crippen molar-refractivity contribution in [1.29, 1.82) is 0 Å². The van der Waals surface area contributed by atoms with E-state index in [1.54, 1.807) is 0 Å². The molecular formula is C80H61BN4. The number of para-hydroxylation sites is 1. The number of nitrogens with zero attached hydrogens (tertiary/aromatic N) is 4. The molecule has 0 N–H and O–H groups in total. The van der Waals surface area contributed by atoms with Crippen LogP contribution >= 0.6 is 0 Å². The van der Waals surface area contributed by atoms with E-state index >= 15 is 0 Å². The average molecular weight is 1090 g/mol. The van der Waals surface area contributed by atoms with Gasteiger partial charge in [-0.25, -0.2) is 9.97 Å². The van der Waals surface area contributed by atoms with Crippen molar-refractivity contribution >= 4 is 77.6 Å². The molecule has 0 bridgehead atoms. The molecule has 2 fully saturated rings.